The van der Waals surface area contributed by atoms with Crippen LogP contribution in [0.3, 0.4) is 0 Å². The molecule has 122 valence electrons. The Morgan fingerprint density at radius 3 is 2.74 bits per heavy atom. The highest BCUT2D eigenvalue weighted by atomic mass is 16.5. The highest BCUT2D eigenvalue weighted by Gasteiger charge is 2.19. The molecular formula is C19H25N3O. The normalized spacial score (nSPS) is 16.7. The number of aromatic nitrogens is 2. The first-order chi connectivity index (χ1) is 11.2. The summed E-state index contributed by atoms with van der Waals surface area (Å²) in [7, 11) is 2.12. The predicted octanol–water partition coefficient (Wildman–Crippen LogP) is 3.99. The van der Waals surface area contributed by atoms with Crippen molar-refractivity contribution in [1.82, 2.24) is 14.9 Å². The molecule has 1 aliphatic carbocycles. The van der Waals surface area contributed by atoms with Gasteiger partial charge in [-0.1, -0.05) is 18.2 Å². The Hall–Kier alpha value is -1.94. The summed E-state index contributed by atoms with van der Waals surface area (Å²) in [6.07, 6.45) is 8.74. The first-order valence-corrected chi connectivity index (χ1v) is 8.45. The van der Waals surface area contributed by atoms with Crippen LogP contribution in [-0.2, 0) is 6.54 Å². The van der Waals surface area contributed by atoms with Gasteiger partial charge in [0, 0.05) is 24.3 Å². The van der Waals surface area contributed by atoms with Gasteiger partial charge in [-0.15, -0.1) is 0 Å². The van der Waals surface area contributed by atoms with E-state index in [9.17, 15) is 0 Å². The molecule has 1 heterocycles. The summed E-state index contributed by atoms with van der Waals surface area (Å²) in [5.41, 5.74) is 2.28. The van der Waals surface area contributed by atoms with Crippen LogP contribution in [0, 0.1) is 0 Å². The van der Waals surface area contributed by atoms with Gasteiger partial charge in [0.1, 0.15) is 12.1 Å². The van der Waals surface area contributed by atoms with E-state index in [0.717, 1.165) is 18.0 Å². The van der Waals surface area contributed by atoms with Gasteiger partial charge >= 0.3 is 0 Å². The number of nitrogens with zero attached hydrogens (tertiary/aromatic N) is 3. The van der Waals surface area contributed by atoms with Crippen LogP contribution in [0.2, 0.25) is 0 Å². The van der Waals surface area contributed by atoms with Crippen molar-refractivity contribution >= 4 is 0 Å². The second-order valence-electron chi connectivity index (χ2n) is 6.36. The van der Waals surface area contributed by atoms with Gasteiger partial charge in [0.05, 0.1) is 11.8 Å². The van der Waals surface area contributed by atoms with Crippen LogP contribution >= 0.6 is 0 Å². The molecule has 1 atom stereocenters. The zero-order valence-electron chi connectivity index (χ0n) is 14.0. The van der Waals surface area contributed by atoms with Crippen molar-refractivity contribution in [3.8, 4) is 5.75 Å². The van der Waals surface area contributed by atoms with Gasteiger partial charge in [0.15, 0.2) is 0 Å². The highest BCUT2D eigenvalue weighted by molar-refractivity contribution is 5.33. The van der Waals surface area contributed by atoms with Gasteiger partial charge in [-0.05, 0) is 51.8 Å². The number of para-hydroxylation sites is 1. The number of benzene rings is 1. The van der Waals surface area contributed by atoms with Crippen molar-refractivity contribution < 1.29 is 4.74 Å². The van der Waals surface area contributed by atoms with Crippen LogP contribution in [0.1, 0.15) is 49.9 Å². The van der Waals surface area contributed by atoms with E-state index < -0.39 is 0 Å². The fourth-order valence-corrected chi connectivity index (χ4v) is 3.11. The van der Waals surface area contributed by atoms with Crippen LogP contribution in [0.5, 0.6) is 5.75 Å². The summed E-state index contributed by atoms with van der Waals surface area (Å²) >= 11 is 0. The molecule has 0 N–H and O–H groups in total. The second kappa shape index (κ2) is 7.55. The van der Waals surface area contributed by atoms with Crippen molar-refractivity contribution in [3.05, 3.63) is 54.1 Å². The summed E-state index contributed by atoms with van der Waals surface area (Å²) < 4.78 is 6.24. The predicted molar refractivity (Wildman–Crippen MR) is 91.2 cm³/mol. The van der Waals surface area contributed by atoms with Crippen LogP contribution < -0.4 is 4.74 Å². The monoisotopic (exact) mass is 311 g/mol. The summed E-state index contributed by atoms with van der Waals surface area (Å²) in [4.78, 5) is 10.6. The lowest BCUT2D eigenvalue weighted by Gasteiger charge is -2.25. The third-order valence-electron chi connectivity index (χ3n) is 4.68. The number of rotatable bonds is 6. The van der Waals surface area contributed by atoms with E-state index in [1.165, 1.54) is 31.2 Å². The Kier molecular flexibility index (Phi) is 5.23. The minimum Gasteiger partial charge on any atom is -0.490 e. The quantitative estimate of drug-likeness (QED) is 0.808. The Bertz CT molecular complexity index is 611. The van der Waals surface area contributed by atoms with Crippen molar-refractivity contribution in [2.24, 2.45) is 0 Å². The maximum absolute atomic E-state index is 6.24. The fraction of sp³-hybridized carbons (Fsp3) is 0.474. The molecule has 4 nitrogen and oxygen atoms in total. The third-order valence-corrected chi connectivity index (χ3v) is 4.68. The molecule has 2 aromatic rings. The average Bonchev–Trinajstić information content (AvgIpc) is 3.10. The smallest absolute Gasteiger partial charge is 0.124 e. The number of ether oxygens (including phenoxy) is 1. The molecule has 1 fully saturated rings. The van der Waals surface area contributed by atoms with E-state index in [1.54, 1.807) is 12.5 Å². The summed E-state index contributed by atoms with van der Waals surface area (Å²) in [6.45, 7) is 3.01. The molecule has 1 unspecified atom stereocenters. The van der Waals surface area contributed by atoms with Crippen molar-refractivity contribution in [2.45, 2.75) is 51.3 Å². The molecule has 1 saturated carbocycles. The zero-order chi connectivity index (χ0) is 16.1. The molecule has 0 amide bonds. The first-order valence-electron chi connectivity index (χ1n) is 8.45. The van der Waals surface area contributed by atoms with Gasteiger partial charge in [0.25, 0.3) is 0 Å². The average molecular weight is 311 g/mol. The van der Waals surface area contributed by atoms with Crippen molar-refractivity contribution in [1.29, 1.82) is 0 Å². The van der Waals surface area contributed by atoms with E-state index >= 15 is 0 Å². The van der Waals surface area contributed by atoms with Crippen molar-refractivity contribution in [2.75, 3.05) is 7.05 Å². The molecule has 0 saturated heterocycles. The van der Waals surface area contributed by atoms with Gasteiger partial charge < -0.3 is 4.74 Å². The molecule has 4 heteroatoms. The molecule has 0 bridgehead atoms. The summed E-state index contributed by atoms with van der Waals surface area (Å²) in [5.74, 6) is 1.03. The SMILES string of the molecule is CC(c1ccncn1)N(C)Cc1ccccc1OC1CCCC1. The lowest BCUT2D eigenvalue weighted by atomic mass is 10.1. The lowest BCUT2D eigenvalue weighted by molar-refractivity contribution is 0.199. The molecule has 0 radical (unpaired) electrons. The Morgan fingerprint density at radius 2 is 2.00 bits per heavy atom. The van der Waals surface area contributed by atoms with Crippen molar-refractivity contribution in [3.63, 3.8) is 0 Å². The van der Waals surface area contributed by atoms with E-state index in [-0.39, 0.29) is 6.04 Å². The topological polar surface area (TPSA) is 38.2 Å². The summed E-state index contributed by atoms with van der Waals surface area (Å²) in [6, 6.07) is 10.6. The highest BCUT2D eigenvalue weighted by Crippen LogP contribution is 2.28. The van der Waals surface area contributed by atoms with Gasteiger partial charge in [-0.3, -0.25) is 4.90 Å². The van der Waals surface area contributed by atoms with E-state index in [1.807, 2.05) is 6.07 Å². The molecule has 0 aliphatic heterocycles. The standard InChI is InChI=1S/C19H25N3O/c1-15(18-11-12-20-14-21-18)22(2)13-16-7-3-6-10-19(16)23-17-8-4-5-9-17/h3,6-7,10-12,14-15,17H,4-5,8-9,13H2,1-2H3. The fourth-order valence-electron chi connectivity index (χ4n) is 3.11. The minimum absolute atomic E-state index is 0.234. The summed E-state index contributed by atoms with van der Waals surface area (Å²) in [5, 5.41) is 0. The third kappa shape index (κ3) is 4.08. The van der Waals surface area contributed by atoms with E-state index in [4.69, 9.17) is 4.74 Å². The Morgan fingerprint density at radius 1 is 1.22 bits per heavy atom. The molecule has 1 aliphatic rings. The first kappa shape index (κ1) is 15.9. The largest absolute Gasteiger partial charge is 0.490 e. The second-order valence-corrected chi connectivity index (χ2v) is 6.36. The lowest BCUT2D eigenvalue weighted by Crippen LogP contribution is -2.23. The molecule has 23 heavy (non-hydrogen) atoms. The van der Waals surface area contributed by atoms with Crippen LogP contribution in [0.15, 0.2) is 42.9 Å². The number of hydrogen-bond acceptors (Lipinski definition) is 4. The van der Waals surface area contributed by atoms with Gasteiger partial charge in [-0.2, -0.15) is 0 Å². The number of hydrogen-bond donors (Lipinski definition) is 0. The molecular weight excluding hydrogens is 286 g/mol. The van der Waals surface area contributed by atoms with Crippen LogP contribution in [-0.4, -0.2) is 28.0 Å². The molecule has 3 rings (SSSR count). The van der Waals surface area contributed by atoms with Gasteiger partial charge in [-0.25, -0.2) is 9.97 Å². The van der Waals surface area contributed by atoms with Crippen LogP contribution in [0.25, 0.3) is 0 Å². The Balaban J connectivity index is 1.69. The van der Waals surface area contributed by atoms with Gasteiger partial charge in [0.2, 0.25) is 0 Å². The maximum Gasteiger partial charge on any atom is 0.124 e. The van der Waals surface area contributed by atoms with Crippen LogP contribution in [0.4, 0.5) is 0 Å². The van der Waals surface area contributed by atoms with E-state index in [2.05, 4.69) is 53.1 Å². The minimum atomic E-state index is 0.234. The molecule has 0 spiro atoms. The Labute approximate surface area is 138 Å². The maximum atomic E-state index is 6.24. The zero-order valence-corrected chi connectivity index (χ0v) is 14.0. The van der Waals surface area contributed by atoms with E-state index in [0.29, 0.717) is 6.10 Å². The molecule has 1 aromatic carbocycles. The molecule has 1 aromatic heterocycles.